The highest BCUT2D eigenvalue weighted by molar-refractivity contribution is 7.16. The SMILES string of the molecule is C#CCn1c(=NC(=O)c2ccn(CC)n2)sc2c(C)cc(C)cc21. The molecule has 2 aromatic heterocycles. The molecule has 0 aliphatic heterocycles. The monoisotopic (exact) mass is 338 g/mol. The summed E-state index contributed by atoms with van der Waals surface area (Å²) in [5, 5.41) is 4.21. The molecule has 3 aromatic rings. The van der Waals surface area contributed by atoms with Gasteiger partial charge in [-0.3, -0.25) is 9.48 Å². The first kappa shape index (κ1) is 16.2. The van der Waals surface area contributed by atoms with Gasteiger partial charge in [0, 0.05) is 12.7 Å². The van der Waals surface area contributed by atoms with E-state index in [1.165, 1.54) is 11.3 Å². The summed E-state index contributed by atoms with van der Waals surface area (Å²) in [5.41, 5.74) is 3.67. The maximum absolute atomic E-state index is 12.4. The third-order valence-electron chi connectivity index (χ3n) is 3.74. The van der Waals surface area contributed by atoms with E-state index in [4.69, 9.17) is 6.42 Å². The number of nitrogens with zero attached hydrogens (tertiary/aromatic N) is 4. The van der Waals surface area contributed by atoms with Crippen molar-refractivity contribution in [2.24, 2.45) is 4.99 Å². The third kappa shape index (κ3) is 2.91. The van der Waals surface area contributed by atoms with Crippen LogP contribution in [-0.4, -0.2) is 20.3 Å². The molecule has 1 amide bonds. The lowest BCUT2D eigenvalue weighted by Crippen LogP contribution is -2.16. The summed E-state index contributed by atoms with van der Waals surface area (Å²) < 4.78 is 4.72. The lowest BCUT2D eigenvalue weighted by molar-refractivity contribution is 0.0992. The fourth-order valence-corrected chi connectivity index (χ4v) is 3.72. The second-order valence-corrected chi connectivity index (χ2v) is 6.56. The lowest BCUT2D eigenvalue weighted by Gasteiger charge is -2.02. The highest BCUT2D eigenvalue weighted by Gasteiger charge is 2.12. The molecule has 0 fully saturated rings. The molecule has 0 saturated heterocycles. The van der Waals surface area contributed by atoms with Crippen molar-refractivity contribution >= 4 is 27.5 Å². The van der Waals surface area contributed by atoms with Gasteiger partial charge in [-0.2, -0.15) is 10.1 Å². The zero-order valence-electron chi connectivity index (χ0n) is 13.9. The minimum atomic E-state index is -0.353. The first-order valence-electron chi connectivity index (χ1n) is 7.70. The Hall–Kier alpha value is -2.65. The first-order chi connectivity index (χ1) is 11.5. The summed E-state index contributed by atoms with van der Waals surface area (Å²) in [5.74, 6) is 2.29. The Kier molecular flexibility index (Phi) is 4.36. The summed E-state index contributed by atoms with van der Waals surface area (Å²) in [4.78, 5) is 17.3. The predicted molar refractivity (Wildman–Crippen MR) is 95.9 cm³/mol. The number of benzene rings is 1. The maximum Gasteiger partial charge on any atom is 0.300 e. The molecule has 5 nitrogen and oxygen atoms in total. The lowest BCUT2D eigenvalue weighted by atomic mass is 10.1. The molecule has 2 heterocycles. The van der Waals surface area contributed by atoms with Crippen LogP contribution in [0, 0.1) is 26.2 Å². The molecule has 0 spiro atoms. The van der Waals surface area contributed by atoms with Crippen LogP contribution in [0.15, 0.2) is 29.4 Å². The van der Waals surface area contributed by atoms with Crippen LogP contribution in [0.1, 0.15) is 28.5 Å². The second kappa shape index (κ2) is 6.46. The Morgan fingerprint density at radius 2 is 2.21 bits per heavy atom. The summed E-state index contributed by atoms with van der Waals surface area (Å²) in [6, 6.07) is 5.88. The van der Waals surface area contributed by atoms with Crippen molar-refractivity contribution in [3.8, 4) is 12.3 Å². The highest BCUT2D eigenvalue weighted by Crippen LogP contribution is 2.23. The van der Waals surface area contributed by atoms with E-state index in [9.17, 15) is 4.79 Å². The fourth-order valence-electron chi connectivity index (χ4n) is 2.64. The molecule has 0 aliphatic carbocycles. The van der Waals surface area contributed by atoms with Crippen molar-refractivity contribution in [1.29, 1.82) is 0 Å². The number of aryl methyl sites for hydroxylation is 3. The van der Waals surface area contributed by atoms with Gasteiger partial charge in [-0.05, 0) is 44.0 Å². The number of thiazole rings is 1. The van der Waals surface area contributed by atoms with Gasteiger partial charge in [0.05, 0.1) is 16.8 Å². The van der Waals surface area contributed by atoms with Crippen molar-refractivity contribution in [1.82, 2.24) is 14.3 Å². The average Bonchev–Trinajstić information content (AvgIpc) is 3.14. The van der Waals surface area contributed by atoms with Gasteiger partial charge in [-0.25, -0.2) is 0 Å². The Labute approximate surface area is 144 Å². The zero-order valence-corrected chi connectivity index (χ0v) is 14.7. The van der Waals surface area contributed by atoms with Gasteiger partial charge >= 0.3 is 0 Å². The van der Waals surface area contributed by atoms with Crippen LogP contribution in [0.5, 0.6) is 0 Å². The van der Waals surface area contributed by atoms with Crippen LogP contribution in [-0.2, 0) is 13.1 Å². The summed E-state index contributed by atoms with van der Waals surface area (Å²) in [6.07, 6.45) is 7.29. The molecular weight excluding hydrogens is 320 g/mol. The molecule has 0 unspecified atom stereocenters. The largest absolute Gasteiger partial charge is 0.305 e. The standard InChI is InChI=1S/C18H18N4OS/c1-5-8-22-15-11-12(3)10-13(4)16(15)24-18(22)19-17(23)14-7-9-21(6-2)20-14/h1,7,9-11H,6,8H2,2-4H3. The van der Waals surface area contributed by atoms with Gasteiger partial charge in [0.25, 0.3) is 5.91 Å². The number of hydrogen-bond donors (Lipinski definition) is 0. The van der Waals surface area contributed by atoms with Gasteiger partial charge in [-0.1, -0.05) is 23.3 Å². The first-order valence-corrected chi connectivity index (χ1v) is 8.51. The van der Waals surface area contributed by atoms with Crippen LogP contribution in [0.25, 0.3) is 10.2 Å². The zero-order chi connectivity index (χ0) is 17.3. The normalized spacial score (nSPS) is 11.8. The number of hydrogen-bond acceptors (Lipinski definition) is 3. The average molecular weight is 338 g/mol. The Balaban J connectivity index is 2.17. The number of terminal acetylenes is 1. The van der Waals surface area contributed by atoms with Gasteiger partial charge in [0.2, 0.25) is 0 Å². The van der Waals surface area contributed by atoms with Crippen molar-refractivity contribution in [2.45, 2.75) is 33.9 Å². The molecule has 3 rings (SSSR count). The molecule has 122 valence electrons. The molecular formula is C18H18N4OS. The van der Waals surface area contributed by atoms with Gasteiger partial charge in [0.15, 0.2) is 10.5 Å². The number of carbonyl (C=O) groups is 1. The smallest absolute Gasteiger partial charge is 0.300 e. The number of carbonyl (C=O) groups excluding carboxylic acids is 1. The van der Waals surface area contributed by atoms with Crippen LogP contribution >= 0.6 is 11.3 Å². The van der Waals surface area contributed by atoms with E-state index >= 15 is 0 Å². The molecule has 6 heteroatoms. The number of rotatable bonds is 3. The van der Waals surface area contributed by atoms with E-state index in [2.05, 4.69) is 35.1 Å². The molecule has 0 saturated carbocycles. The molecule has 0 bridgehead atoms. The Morgan fingerprint density at radius 3 is 2.88 bits per heavy atom. The minimum Gasteiger partial charge on any atom is -0.305 e. The van der Waals surface area contributed by atoms with Gasteiger partial charge in [-0.15, -0.1) is 6.42 Å². The molecule has 24 heavy (non-hydrogen) atoms. The summed E-state index contributed by atoms with van der Waals surface area (Å²) >= 11 is 1.48. The highest BCUT2D eigenvalue weighted by atomic mass is 32.1. The van der Waals surface area contributed by atoms with E-state index in [0.717, 1.165) is 21.3 Å². The van der Waals surface area contributed by atoms with Gasteiger partial charge in [0.1, 0.15) is 0 Å². The summed E-state index contributed by atoms with van der Waals surface area (Å²) in [6.45, 7) is 7.16. The van der Waals surface area contributed by atoms with E-state index < -0.39 is 0 Å². The molecule has 0 aliphatic rings. The maximum atomic E-state index is 12.4. The van der Waals surface area contributed by atoms with Crippen molar-refractivity contribution in [3.63, 3.8) is 0 Å². The molecule has 0 atom stereocenters. The quantitative estimate of drug-likeness (QED) is 0.690. The summed E-state index contributed by atoms with van der Waals surface area (Å²) in [7, 11) is 0. The molecule has 1 aromatic carbocycles. The van der Waals surface area contributed by atoms with E-state index in [1.54, 1.807) is 16.9 Å². The number of fused-ring (bicyclic) bond motifs is 1. The predicted octanol–water partition coefficient (Wildman–Crippen LogP) is 2.91. The Bertz CT molecular complexity index is 1030. The number of amides is 1. The third-order valence-corrected chi connectivity index (χ3v) is 4.97. The van der Waals surface area contributed by atoms with E-state index in [-0.39, 0.29) is 5.91 Å². The van der Waals surface area contributed by atoms with Crippen molar-refractivity contribution < 1.29 is 4.79 Å². The van der Waals surface area contributed by atoms with Crippen molar-refractivity contribution in [3.05, 3.63) is 46.0 Å². The van der Waals surface area contributed by atoms with Crippen molar-refractivity contribution in [2.75, 3.05) is 0 Å². The number of aromatic nitrogens is 3. The van der Waals surface area contributed by atoms with Crippen LogP contribution in [0.2, 0.25) is 0 Å². The fraction of sp³-hybridized carbons (Fsp3) is 0.278. The minimum absolute atomic E-state index is 0.342. The Morgan fingerprint density at radius 1 is 1.42 bits per heavy atom. The van der Waals surface area contributed by atoms with Crippen LogP contribution in [0.4, 0.5) is 0 Å². The van der Waals surface area contributed by atoms with E-state index in [1.807, 2.05) is 18.4 Å². The topological polar surface area (TPSA) is 52.2 Å². The van der Waals surface area contributed by atoms with Crippen LogP contribution < -0.4 is 4.80 Å². The van der Waals surface area contributed by atoms with Crippen LogP contribution in [0.3, 0.4) is 0 Å². The van der Waals surface area contributed by atoms with Gasteiger partial charge < -0.3 is 4.57 Å². The second-order valence-electron chi connectivity index (χ2n) is 5.58. The van der Waals surface area contributed by atoms with E-state index in [0.29, 0.717) is 23.6 Å². The molecule has 0 radical (unpaired) electrons. The molecule has 0 N–H and O–H groups in total.